The first-order valence-corrected chi connectivity index (χ1v) is 4.91. The number of ether oxygens (including phenoxy) is 3. The Kier molecular flexibility index (Phi) is 5.99. The van der Waals surface area contributed by atoms with E-state index in [4.69, 9.17) is 21.1 Å². The molecule has 0 bridgehead atoms. The first-order chi connectivity index (χ1) is 7.76. The average molecular weight is 251 g/mol. The summed E-state index contributed by atoms with van der Waals surface area (Å²) in [6, 6.07) is 0. The predicted octanol–water partition coefficient (Wildman–Crippen LogP) is 1.47. The van der Waals surface area contributed by atoms with Crippen LogP contribution in [0.3, 0.4) is 0 Å². The number of methoxy groups -OCH3 is 1. The van der Waals surface area contributed by atoms with Gasteiger partial charge >= 0.3 is 0 Å². The highest BCUT2D eigenvalue weighted by Crippen LogP contribution is 2.09. The summed E-state index contributed by atoms with van der Waals surface area (Å²) in [5, 5.41) is 0.130. The molecule has 1 atom stereocenters. The SMILES string of the molecule is COCOC(CF)COc1cnc(Cl)nc1. The molecule has 1 unspecified atom stereocenters. The second-order valence-electron chi connectivity index (χ2n) is 2.85. The molecular formula is C9H12ClFN2O3. The molecule has 0 saturated heterocycles. The molecule has 0 radical (unpaired) electrons. The van der Waals surface area contributed by atoms with Crippen LogP contribution >= 0.6 is 11.6 Å². The second-order valence-corrected chi connectivity index (χ2v) is 3.19. The summed E-state index contributed by atoms with van der Waals surface area (Å²) < 4.78 is 27.3. The highest BCUT2D eigenvalue weighted by molar-refractivity contribution is 6.28. The van der Waals surface area contributed by atoms with E-state index in [1.54, 1.807) is 0 Å². The molecule has 0 aromatic carbocycles. The Balaban J connectivity index is 2.34. The van der Waals surface area contributed by atoms with Gasteiger partial charge in [-0.3, -0.25) is 0 Å². The molecule has 16 heavy (non-hydrogen) atoms. The number of nitrogens with zero attached hydrogens (tertiary/aromatic N) is 2. The monoisotopic (exact) mass is 250 g/mol. The molecule has 1 rings (SSSR count). The van der Waals surface area contributed by atoms with Gasteiger partial charge in [0.2, 0.25) is 5.28 Å². The standard InChI is InChI=1S/C9H12ClFN2O3/c1-14-6-16-7(2-11)5-15-8-3-12-9(10)13-4-8/h3-4,7H,2,5-6H2,1H3. The van der Waals surface area contributed by atoms with Crippen LogP contribution in [0.1, 0.15) is 0 Å². The molecule has 1 heterocycles. The smallest absolute Gasteiger partial charge is 0.222 e. The van der Waals surface area contributed by atoms with Crippen molar-refractivity contribution in [1.29, 1.82) is 0 Å². The molecule has 0 fully saturated rings. The van der Waals surface area contributed by atoms with Crippen molar-refractivity contribution in [2.45, 2.75) is 6.10 Å². The molecule has 0 saturated carbocycles. The van der Waals surface area contributed by atoms with Gasteiger partial charge in [0.15, 0.2) is 5.75 Å². The topological polar surface area (TPSA) is 53.5 Å². The van der Waals surface area contributed by atoms with Crippen LogP contribution in [0.5, 0.6) is 5.75 Å². The summed E-state index contributed by atoms with van der Waals surface area (Å²) >= 11 is 5.49. The summed E-state index contributed by atoms with van der Waals surface area (Å²) in [6.45, 7) is -0.572. The lowest BCUT2D eigenvalue weighted by atomic mass is 10.4. The van der Waals surface area contributed by atoms with E-state index in [0.29, 0.717) is 5.75 Å². The number of hydrogen-bond donors (Lipinski definition) is 0. The molecule has 90 valence electrons. The number of rotatable bonds is 7. The van der Waals surface area contributed by atoms with Crippen molar-refractivity contribution in [1.82, 2.24) is 9.97 Å². The lowest BCUT2D eigenvalue weighted by molar-refractivity contribution is -0.0899. The number of aromatic nitrogens is 2. The Morgan fingerprint density at radius 3 is 2.69 bits per heavy atom. The van der Waals surface area contributed by atoms with Crippen LogP contribution in [0.2, 0.25) is 5.28 Å². The van der Waals surface area contributed by atoms with Gasteiger partial charge in [0.05, 0.1) is 12.4 Å². The minimum Gasteiger partial charge on any atom is -0.488 e. The Hall–Kier alpha value is -0.980. The van der Waals surface area contributed by atoms with Gasteiger partial charge in [0.1, 0.15) is 26.2 Å². The summed E-state index contributed by atoms with van der Waals surface area (Å²) in [5.41, 5.74) is 0. The highest BCUT2D eigenvalue weighted by atomic mass is 35.5. The second kappa shape index (κ2) is 7.32. The fourth-order valence-electron chi connectivity index (χ4n) is 0.866. The fraction of sp³-hybridized carbons (Fsp3) is 0.556. The van der Waals surface area contributed by atoms with Crippen molar-refractivity contribution >= 4 is 11.6 Å². The van der Waals surface area contributed by atoms with Crippen LogP contribution in [0, 0.1) is 0 Å². The van der Waals surface area contributed by atoms with Crippen molar-refractivity contribution in [3.63, 3.8) is 0 Å². The van der Waals surface area contributed by atoms with E-state index in [1.165, 1.54) is 19.5 Å². The Labute approximate surface area is 97.5 Å². The summed E-state index contributed by atoms with van der Waals surface area (Å²) in [6.07, 6.45) is 2.14. The molecular weight excluding hydrogens is 239 g/mol. The van der Waals surface area contributed by atoms with Crippen LogP contribution in [0.4, 0.5) is 4.39 Å². The van der Waals surface area contributed by atoms with Crippen molar-refractivity contribution in [2.75, 3.05) is 27.2 Å². The van der Waals surface area contributed by atoms with E-state index in [9.17, 15) is 4.39 Å². The van der Waals surface area contributed by atoms with Gasteiger partial charge in [-0.1, -0.05) is 0 Å². The number of alkyl halides is 1. The van der Waals surface area contributed by atoms with E-state index in [-0.39, 0.29) is 18.7 Å². The predicted molar refractivity (Wildman–Crippen MR) is 55.3 cm³/mol. The van der Waals surface area contributed by atoms with Gasteiger partial charge in [0, 0.05) is 7.11 Å². The van der Waals surface area contributed by atoms with E-state index < -0.39 is 12.8 Å². The lowest BCUT2D eigenvalue weighted by Gasteiger charge is -2.14. The molecule has 7 heteroatoms. The Morgan fingerprint density at radius 2 is 2.12 bits per heavy atom. The maximum absolute atomic E-state index is 12.4. The van der Waals surface area contributed by atoms with E-state index >= 15 is 0 Å². The first-order valence-electron chi connectivity index (χ1n) is 4.53. The Bertz CT molecular complexity index is 299. The van der Waals surface area contributed by atoms with E-state index in [1.807, 2.05) is 0 Å². The van der Waals surface area contributed by atoms with Gasteiger partial charge in [0.25, 0.3) is 0 Å². The van der Waals surface area contributed by atoms with Crippen LogP contribution in [0.25, 0.3) is 0 Å². The van der Waals surface area contributed by atoms with Gasteiger partial charge in [-0.15, -0.1) is 0 Å². The van der Waals surface area contributed by atoms with Gasteiger partial charge in [-0.25, -0.2) is 14.4 Å². The number of halogens is 2. The van der Waals surface area contributed by atoms with Crippen LogP contribution < -0.4 is 4.74 Å². The normalized spacial score (nSPS) is 12.4. The molecule has 0 N–H and O–H groups in total. The minimum atomic E-state index is -0.671. The molecule has 0 spiro atoms. The average Bonchev–Trinajstić information content (AvgIpc) is 2.32. The number of hydrogen-bond acceptors (Lipinski definition) is 5. The maximum atomic E-state index is 12.4. The van der Waals surface area contributed by atoms with E-state index in [2.05, 4.69) is 14.7 Å². The molecule has 0 amide bonds. The fourth-order valence-corrected chi connectivity index (χ4v) is 0.963. The van der Waals surface area contributed by atoms with Crippen LogP contribution in [-0.2, 0) is 9.47 Å². The summed E-state index contributed by atoms with van der Waals surface area (Å²) in [4.78, 5) is 7.43. The Morgan fingerprint density at radius 1 is 1.44 bits per heavy atom. The third kappa shape index (κ3) is 4.69. The third-order valence-electron chi connectivity index (χ3n) is 1.63. The quantitative estimate of drug-likeness (QED) is 0.542. The van der Waals surface area contributed by atoms with Gasteiger partial charge in [-0.2, -0.15) is 0 Å². The van der Waals surface area contributed by atoms with E-state index in [0.717, 1.165) is 0 Å². The van der Waals surface area contributed by atoms with Crippen LogP contribution in [-0.4, -0.2) is 43.3 Å². The lowest BCUT2D eigenvalue weighted by Crippen LogP contribution is -2.24. The molecule has 5 nitrogen and oxygen atoms in total. The van der Waals surface area contributed by atoms with Gasteiger partial charge in [-0.05, 0) is 11.6 Å². The maximum Gasteiger partial charge on any atom is 0.222 e. The van der Waals surface area contributed by atoms with Crippen molar-refractivity contribution < 1.29 is 18.6 Å². The zero-order valence-electron chi connectivity index (χ0n) is 8.73. The zero-order chi connectivity index (χ0) is 11.8. The molecule has 0 aliphatic carbocycles. The molecule has 0 aliphatic heterocycles. The third-order valence-corrected chi connectivity index (χ3v) is 1.82. The zero-order valence-corrected chi connectivity index (χ0v) is 9.48. The summed E-state index contributed by atoms with van der Waals surface area (Å²) in [7, 11) is 1.46. The van der Waals surface area contributed by atoms with Gasteiger partial charge < -0.3 is 14.2 Å². The summed E-state index contributed by atoms with van der Waals surface area (Å²) in [5.74, 6) is 0.406. The van der Waals surface area contributed by atoms with Crippen molar-refractivity contribution in [3.05, 3.63) is 17.7 Å². The minimum absolute atomic E-state index is 0.0229. The molecule has 0 aliphatic rings. The van der Waals surface area contributed by atoms with Crippen molar-refractivity contribution in [3.8, 4) is 5.75 Å². The largest absolute Gasteiger partial charge is 0.488 e. The first kappa shape index (κ1) is 13.1. The van der Waals surface area contributed by atoms with Crippen molar-refractivity contribution in [2.24, 2.45) is 0 Å². The van der Waals surface area contributed by atoms with Crippen LogP contribution in [0.15, 0.2) is 12.4 Å². The molecule has 1 aromatic heterocycles. The molecule has 1 aromatic rings. The highest BCUT2D eigenvalue weighted by Gasteiger charge is 2.09.